The summed E-state index contributed by atoms with van der Waals surface area (Å²) in [4.78, 5) is 0. The molecule has 1 aliphatic rings. The van der Waals surface area contributed by atoms with E-state index >= 15 is 0 Å². The van der Waals surface area contributed by atoms with Gasteiger partial charge in [-0.15, -0.1) is 0 Å². The van der Waals surface area contributed by atoms with Crippen molar-refractivity contribution in [2.75, 3.05) is 19.0 Å². The average Bonchev–Trinajstić information content (AvgIpc) is 2.37. The van der Waals surface area contributed by atoms with Gasteiger partial charge in [-0.3, -0.25) is 0 Å². The number of rotatable bonds is 4. The number of hydrogen-bond donors (Lipinski definition) is 1. The number of benzene rings is 1. The first-order valence-corrected chi connectivity index (χ1v) is 7.62. The zero-order valence-electron chi connectivity index (χ0n) is 11.9. The van der Waals surface area contributed by atoms with Crippen LogP contribution in [0.4, 0.5) is 5.69 Å². The van der Waals surface area contributed by atoms with E-state index in [1.807, 2.05) is 18.2 Å². The quantitative estimate of drug-likeness (QED) is 0.799. The minimum atomic E-state index is 0.703. The third-order valence-electron chi connectivity index (χ3n) is 3.64. The summed E-state index contributed by atoms with van der Waals surface area (Å²) in [5.41, 5.74) is 2.63. The smallest absolute Gasteiger partial charge is 0.121 e. The van der Waals surface area contributed by atoms with Crippen molar-refractivity contribution in [1.82, 2.24) is 0 Å². The van der Waals surface area contributed by atoms with E-state index in [0.717, 1.165) is 28.4 Å². The molecule has 0 spiro atoms. The van der Waals surface area contributed by atoms with Crippen molar-refractivity contribution in [2.24, 2.45) is 11.8 Å². The monoisotopic (exact) mass is 323 g/mol. The van der Waals surface area contributed by atoms with Gasteiger partial charge in [0.2, 0.25) is 0 Å². The summed E-state index contributed by atoms with van der Waals surface area (Å²) in [6.45, 7) is 5.56. The molecule has 0 radical (unpaired) electrons. The standard InChI is InChI=1S/C16H22BrNO/c1-11-6-12(2)8-13(7-11)10-18-16-9-14(19-3)4-5-15(16)17/h4-6,9,11,13,18H,7-8,10H2,1-3H3. The van der Waals surface area contributed by atoms with Crippen LogP contribution < -0.4 is 10.1 Å². The van der Waals surface area contributed by atoms with E-state index in [0.29, 0.717) is 5.92 Å². The lowest BCUT2D eigenvalue weighted by molar-refractivity contribution is 0.413. The lowest BCUT2D eigenvalue weighted by Gasteiger charge is -2.26. The predicted octanol–water partition coefficient (Wildman–Crippen LogP) is 4.86. The summed E-state index contributed by atoms with van der Waals surface area (Å²) in [6.07, 6.45) is 4.88. The van der Waals surface area contributed by atoms with Crippen molar-refractivity contribution >= 4 is 21.6 Å². The minimum Gasteiger partial charge on any atom is -0.497 e. The largest absolute Gasteiger partial charge is 0.497 e. The molecule has 0 amide bonds. The van der Waals surface area contributed by atoms with E-state index < -0.39 is 0 Å². The van der Waals surface area contributed by atoms with E-state index in [9.17, 15) is 0 Å². The van der Waals surface area contributed by atoms with E-state index in [2.05, 4.69) is 41.2 Å². The van der Waals surface area contributed by atoms with Crippen molar-refractivity contribution in [3.8, 4) is 5.75 Å². The van der Waals surface area contributed by atoms with Gasteiger partial charge in [-0.05, 0) is 59.7 Å². The molecule has 0 saturated heterocycles. The van der Waals surface area contributed by atoms with Crippen molar-refractivity contribution in [1.29, 1.82) is 0 Å². The molecule has 2 atom stereocenters. The van der Waals surface area contributed by atoms with Crippen LogP contribution in [-0.4, -0.2) is 13.7 Å². The Morgan fingerprint density at radius 1 is 1.42 bits per heavy atom. The summed E-state index contributed by atoms with van der Waals surface area (Å²) in [7, 11) is 1.70. The van der Waals surface area contributed by atoms with Crippen molar-refractivity contribution in [3.05, 3.63) is 34.3 Å². The van der Waals surface area contributed by atoms with Gasteiger partial charge >= 0.3 is 0 Å². The van der Waals surface area contributed by atoms with Crippen LogP contribution in [0.5, 0.6) is 5.75 Å². The highest BCUT2D eigenvalue weighted by Gasteiger charge is 2.18. The van der Waals surface area contributed by atoms with Gasteiger partial charge in [0.25, 0.3) is 0 Å². The van der Waals surface area contributed by atoms with Crippen molar-refractivity contribution in [3.63, 3.8) is 0 Å². The Morgan fingerprint density at radius 2 is 2.21 bits per heavy atom. The Morgan fingerprint density at radius 3 is 2.89 bits per heavy atom. The third kappa shape index (κ3) is 4.00. The molecular weight excluding hydrogens is 302 g/mol. The highest BCUT2D eigenvalue weighted by molar-refractivity contribution is 9.10. The summed E-state index contributed by atoms with van der Waals surface area (Å²) < 4.78 is 6.35. The average molecular weight is 324 g/mol. The van der Waals surface area contributed by atoms with Crippen LogP contribution >= 0.6 is 15.9 Å². The highest BCUT2D eigenvalue weighted by Crippen LogP contribution is 2.30. The molecule has 1 aliphatic carbocycles. The van der Waals surface area contributed by atoms with Crippen LogP contribution in [0.15, 0.2) is 34.3 Å². The number of ether oxygens (including phenoxy) is 1. The molecule has 2 unspecified atom stereocenters. The Hall–Kier alpha value is -0.960. The number of anilines is 1. The number of hydrogen-bond acceptors (Lipinski definition) is 2. The molecule has 0 aliphatic heterocycles. The van der Waals surface area contributed by atoms with Gasteiger partial charge in [0, 0.05) is 17.1 Å². The van der Waals surface area contributed by atoms with Crippen molar-refractivity contribution in [2.45, 2.75) is 26.7 Å². The summed E-state index contributed by atoms with van der Waals surface area (Å²) in [5.74, 6) is 2.31. The lowest BCUT2D eigenvalue weighted by atomic mass is 9.84. The zero-order chi connectivity index (χ0) is 13.8. The first-order chi connectivity index (χ1) is 9.08. The topological polar surface area (TPSA) is 21.3 Å². The normalized spacial score (nSPS) is 22.8. The molecule has 19 heavy (non-hydrogen) atoms. The Balaban J connectivity index is 1.97. The van der Waals surface area contributed by atoms with Gasteiger partial charge in [0.1, 0.15) is 5.75 Å². The molecule has 1 aromatic carbocycles. The van der Waals surface area contributed by atoms with Gasteiger partial charge in [-0.2, -0.15) is 0 Å². The Bertz CT molecular complexity index is 470. The molecule has 0 bridgehead atoms. The lowest BCUT2D eigenvalue weighted by Crippen LogP contribution is -2.20. The van der Waals surface area contributed by atoms with E-state index in [-0.39, 0.29) is 0 Å². The predicted molar refractivity (Wildman–Crippen MR) is 84.8 cm³/mol. The van der Waals surface area contributed by atoms with Gasteiger partial charge in [-0.25, -0.2) is 0 Å². The second-order valence-corrected chi connectivity index (χ2v) is 6.38. The molecular formula is C16H22BrNO. The molecule has 2 nitrogen and oxygen atoms in total. The molecule has 0 heterocycles. The summed E-state index contributed by atoms with van der Waals surface area (Å²) >= 11 is 3.58. The summed E-state index contributed by atoms with van der Waals surface area (Å²) in [6, 6.07) is 6.03. The molecule has 0 aromatic heterocycles. The molecule has 0 saturated carbocycles. The molecule has 1 aromatic rings. The van der Waals surface area contributed by atoms with Gasteiger partial charge in [0.05, 0.1) is 12.8 Å². The highest BCUT2D eigenvalue weighted by atomic mass is 79.9. The number of allylic oxidation sites excluding steroid dienone is 2. The van der Waals surface area contributed by atoms with Crippen molar-refractivity contribution < 1.29 is 4.74 Å². The molecule has 3 heteroatoms. The minimum absolute atomic E-state index is 0.703. The maximum absolute atomic E-state index is 5.27. The van der Waals surface area contributed by atoms with Crippen LogP contribution in [0.2, 0.25) is 0 Å². The number of nitrogens with one attached hydrogen (secondary N) is 1. The van der Waals surface area contributed by atoms with Crippen LogP contribution in [0, 0.1) is 11.8 Å². The SMILES string of the molecule is COc1ccc(Br)c(NCC2CC(C)=CC(C)C2)c1. The first kappa shape index (κ1) is 14.4. The fourth-order valence-electron chi connectivity index (χ4n) is 2.86. The summed E-state index contributed by atoms with van der Waals surface area (Å²) in [5, 5.41) is 3.54. The number of methoxy groups -OCH3 is 1. The van der Waals surface area contributed by atoms with E-state index in [1.165, 1.54) is 18.4 Å². The van der Waals surface area contributed by atoms with E-state index in [4.69, 9.17) is 4.74 Å². The maximum Gasteiger partial charge on any atom is 0.121 e. The molecule has 1 N–H and O–H groups in total. The fourth-order valence-corrected chi connectivity index (χ4v) is 3.25. The third-order valence-corrected chi connectivity index (χ3v) is 4.33. The van der Waals surface area contributed by atoms with Gasteiger partial charge in [0.15, 0.2) is 0 Å². The zero-order valence-corrected chi connectivity index (χ0v) is 13.5. The van der Waals surface area contributed by atoms with Crippen LogP contribution in [0.25, 0.3) is 0 Å². The van der Waals surface area contributed by atoms with Crippen LogP contribution in [-0.2, 0) is 0 Å². The first-order valence-electron chi connectivity index (χ1n) is 6.83. The molecule has 2 rings (SSSR count). The van der Waals surface area contributed by atoms with Gasteiger partial charge < -0.3 is 10.1 Å². The van der Waals surface area contributed by atoms with E-state index in [1.54, 1.807) is 7.11 Å². The second-order valence-electron chi connectivity index (χ2n) is 5.52. The van der Waals surface area contributed by atoms with Crippen LogP contribution in [0.1, 0.15) is 26.7 Å². The molecule has 0 fully saturated rings. The maximum atomic E-state index is 5.27. The fraction of sp³-hybridized carbons (Fsp3) is 0.500. The second kappa shape index (κ2) is 6.47. The van der Waals surface area contributed by atoms with Gasteiger partial charge in [-0.1, -0.05) is 18.6 Å². The Kier molecular flexibility index (Phi) is 4.92. The van der Waals surface area contributed by atoms with Crippen LogP contribution in [0.3, 0.4) is 0 Å². The molecule has 104 valence electrons. The number of halogens is 1. The Labute approximate surface area is 124 Å².